The van der Waals surface area contributed by atoms with Crippen molar-refractivity contribution in [3.05, 3.63) is 54.1 Å². The van der Waals surface area contributed by atoms with Crippen molar-refractivity contribution in [2.75, 3.05) is 38.2 Å². The zero-order valence-corrected chi connectivity index (χ0v) is 20.1. The van der Waals surface area contributed by atoms with Crippen molar-refractivity contribution in [3.63, 3.8) is 0 Å². The molecule has 1 aliphatic rings. The van der Waals surface area contributed by atoms with Gasteiger partial charge < -0.3 is 14.5 Å². The first-order chi connectivity index (χ1) is 16.3. The number of rotatable bonds is 7. The van der Waals surface area contributed by atoms with Crippen LogP contribution in [0.25, 0.3) is 5.69 Å². The maximum atomic E-state index is 13.2. The number of methoxy groups -OCH3 is 1. The molecule has 180 valence electrons. The van der Waals surface area contributed by atoms with Gasteiger partial charge in [0.2, 0.25) is 16.0 Å². The third kappa shape index (κ3) is 4.87. The van der Waals surface area contributed by atoms with Crippen LogP contribution in [-0.4, -0.2) is 78.8 Å². The molecule has 4 rings (SSSR count). The summed E-state index contributed by atoms with van der Waals surface area (Å²) in [5.74, 6) is 0.545. The highest BCUT2D eigenvalue weighted by Crippen LogP contribution is 2.26. The highest BCUT2D eigenvalue weighted by atomic mass is 32.2. The Morgan fingerprint density at radius 2 is 1.76 bits per heavy atom. The Morgan fingerprint density at radius 3 is 2.41 bits per heavy atom. The molecule has 1 aromatic heterocycles. The van der Waals surface area contributed by atoms with Crippen molar-refractivity contribution in [2.45, 2.75) is 24.8 Å². The summed E-state index contributed by atoms with van der Waals surface area (Å²) in [6.07, 6.45) is 0. The number of aromatic nitrogens is 4. The van der Waals surface area contributed by atoms with Crippen molar-refractivity contribution < 1.29 is 17.9 Å². The van der Waals surface area contributed by atoms with E-state index in [1.165, 1.54) is 19.2 Å². The van der Waals surface area contributed by atoms with Crippen LogP contribution in [0.2, 0.25) is 0 Å². The number of ether oxygens (including phenoxy) is 1. The number of carbonyl (C=O) groups excluding carboxylic acids is 1. The van der Waals surface area contributed by atoms with Crippen LogP contribution in [0.4, 0.5) is 5.95 Å². The molecule has 34 heavy (non-hydrogen) atoms. The maximum Gasteiger partial charge on any atom is 0.254 e. The first-order valence-electron chi connectivity index (χ1n) is 10.9. The number of anilines is 1. The van der Waals surface area contributed by atoms with Crippen molar-refractivity contribution in [3.8, 4) is 11.4 Å². The number of carbonyl (C=O) groups is 1. The molecule has 1 N–H and O–H groups in total. The van der Waals surface area contributed by atoms with Crippen molar-refractivity contribution in [1.82, 2.24) is 29.8 Å². The molecule has 2 heterocycles. The number of nitrogens with zero attached hydrogens (tertiary/aromatic N) is 6. The molecule has 0 saturated carbocycles. The molecule has 1 saturated heterocycles. The molecule has 3 aromatic rings. The van der Waals surface area contributed by atoms with E-state index >= 15 is 0 Å². The van der Waals surface area contributed by atoms with Crippen LogP contribution in [0, 0.1) is 0 Å². The summed E-state index contributed by atoms with van der Waals surface area (Å²) in [6, 6.07) is 13.8. The van der Waals surface area contributed by atoms with Gasteiger partial charge >= 0.3 is 0 Å². The smallest absolute Gasteiger partial charge is 0.254 e. The average molecular weight is 486 g/mol. The first kappa shape index (κ1) is 23.6. The van der Waals surface area contributed by atoms with Crippen molar-refractivity contribution in [2.24, 2.45) is 0 Å². The lowest BCUT2D eigenvalue weighted by atomic mass is 10.1. The first-order valence-corrected chi connectivity index (χ1v) is 12.4. The quantitative estimate of drug-likeness (QED) is 0.532. The SMILES string of the molecule is COc1ccc(C(=O)N2CCN(c3nnnn3-c3ccccc3)CC2)cc1S(=O)(=O)NC(C)C. The van der Waals surface area contributed by atoms with Crippen LogP contribution >= 0.6 is 0 Å². The molecule has 0 atom stereocenters. The monoisotopic (exact) mass is 485 g/mol. The largest absolute Gasteiger partial charge is 0.495 e. The highest BCUT2D eigenvalue weighted by Gasteiger charge is 2.28. The van der Waals surface area contributed by atoms with Gasteiger partial charge in [-0.05, 0) is 54.6 Å². The summed E-state index contributed by atoms with van der Waals surface area (Å²) in [5.41, 5.74) is 1.13. The molecule has 11 nitrogen and oxygen atoms in total. The topological polar surface area (TPSA) is 123 Å². The lowest BCUT2D eigenvalue weighted by molar-refractivity contribution is 0.0746. The number of amides is 1. The van der Waals surface area contributed by atoms with E-state index in [4.69, 9.17) is 4.74 Å². The van der Waals surface area contributed by atoms with E-state index in [0.29, 0.717) is 32.1 Å². The fourth-order valence-corrected chi connectivity index (χ4v) is 5.25. The van der Waals surface area contributed by atoms with Gasteiger partial charge in [-0.15, -0.1) is 0 Å². The van der Waals surface area contributed by atoms with Crippen LogP contribution in [0.3, 0.4) is 0 Å². The predicted octanol–water partition coefficient (Wildman–Crippen LogP) is 1.32. The zero-order valence-electron chi connectivity index (χ0n) is 19.2. The molecule has 0 aliphatic carbocycles. The number of hydrogen-bond acceptors (Lipinski definition) is 8. The van der Waals surface area contributed by atoms with Crippen LogP contribution < -0.4 is 14.4 Å². The molecule has 1 amide bonds. The van der Waals surface area contributed by atoms with Gasteiger partial charge in [-0.1, -0.05) is 23.3 Å². The number of benzene rings is 2. The Balaban J connectivity index is 1.50. The maximum absolute atomic E-state index is 13.2. The highest BCUT2D eigenvalue weighted by molar-refractivity contribution is 7.89. The van der Waals surface area contributed by atoms with Crippen LogP contribution in [-0.2, 0) is 10.0 Å². The number of sulfonamides is 1. The summed E-state index contributed by atoms with van der Waals surface area (Å²) in [7, 11) is -2.44. The minimum Gasteiger partial charge on any atom is -0.495 e. The Kier molecular flexibility index (Phi) is 6.80. The summed E-state index contributed by atoms with van der Waals surface area (Å²) in [4.78, 5) is 16.8. The van der Waals surface area contributed by atoms with Gasteiger partial charge in [0.1, 0.15) is 10.6 Å². The normalized spacial score (nSPS) is 14.5. The fourth-order valence-electron chi connectivity index (χ4n) is 3.80. The molecule has 12 heteroatoms. The number of nitrogens with one attached hydrogen (secondary N) is 1. The second-order valence-electron chi connectivity index (χ2n) is 8.15. The number of hydrogen-bond donors (Lipinski definition) is 1. The molecule has 0 bridgehead atoms. The minimum atomic E-state index is -3.84. The van der Waals surface area contributed by atoms with Crippen LogP contribution in [0.15, 0.2) is 53.4 Å². The van der Waals surface area contributed by atoms with E-state index in [-0.39, 0.29) is 28.2 Å². The molecule has 0 spiro atoms. The predicted molar refractivity (Wildman–Crippen MR) is 126 cm³/mol. The van der Waals surface area contributed by atoms with E-state index < -0.39 is 10.0 Å². The summed E-state index contributed by atoms with van der Waals surface area (Å²) >= 11 is 0. The van der Waals surface area contributed by atoms with E-state index in [9.17, 15) is 13.2 Å². The van der Waals surface area contributed by atoms with Gasteiger partial charge in [0, 0.05) is 37.8 Å². The average Bonchev–Trinajstić information content (AvgIpc) is 3.33. The Hall–Kier alpha value is -3.51. The van der Waals surface area contributed by atoms with Gasteiger partial charge in [-0.2, -0.15) is 4.68 Å². The van der Waals surface area contributed by atoms with Gasteiger partial charge in [0.25, 0.3) is 5.91 Å². The molecule has 0 radical (unpaired) electrons. The molecular weight excluding hydrogens is 458 g/mol. The van der Waals surface area contributed by atoms with Crippen LogP contribution in [0.1, 0.15) is 24.2 Å². The summed E-state index contributed by atoms with van der Waals surface area (Å²) < 4.78 is 34.9. The standard InChI is InChI=1S/C22H27N7O4S/c1-16(2)24-34(31,32)20-15-17(9-10-19(20)33-3)21(30)27-11-13-28(14-12-27)22-23-25-26-29(22)18-7-5-4-6-8-18/h4-10,15-16,24H,11-14H2,1-3H3. The summed E-state index contributed by atoms with van der Waals surface area (Å²) in [6.45, 7) is 5.42. The fraction of sp³-hybridized carbons (Fsp3) is 0.364. The number of piperazine rings is 1. The second-order valence-corrected chi connectivity index (χ2v) is 9.83. The number of tetrazole rings is 1. The molecule has 0 unspecified atom stereocenters. The van der Waals surface area contributed by atoms with E-state index in [1.54, 1.807) is 29.5 Å². The van der Waals surface area contributed by atoms with Crippen LogP contribution in [0.5, 0.6) is 5.75 Å². The second kappa shape index (κ2) is 9.77. The third-order valence-corrected chi connectivity index (χ3v) is 7.07. The van der Waals surface area contributed by atoms with E-state index in [1.807, 2.05) is 35.2 Å². The Bertz CT molecular complexity index is 1250. The van der Waals surface area contributed by atoms with Crippen molar-refractivity contribution >= 4 is 21.9 Å². The number of para-hydroxylation sites is 1. The molecule has 1 fully saturated rings. The Morgan fingerprint density at radius 1 is 1.06 bits per heavy atom. The lowest BCUT2D eigenvalue weighted by Crippen LogP contribution is -2.49. The molecular formula is C22H27N7O4S. The zero-order chi connectivity index (χ0) is 24.3. The summed E-state index contributed by atoms with van der Waals surface area (Å²) in [5, 5.41) is 12.1. The van der Waals surface area contributed by atoms with Gasteiger partial charge in [-0.3, -0.25) is 4.79 Å². The van der Waals surface area contributed by atoms with Gasteiger partial charge in [-0.25, -0.2) is 13.1 Å². The lowest BCUT2D eigenvalue weighted by Gasteiger charge is -2.35. The van der Waals surface area contributed by atoms with E-state index in [0.717, 1.165) is 5.69 Å². The third-order valence-electron chi connectivity index (χ3n) is 5.39. The van der Waals surface area contributed by atoms with Gasteiger partial charge in [0.05, 0.1) is 12.8 Å². The van der Waals surface area contributed by atoms with E-state index in [2.05, 4.69) is 20.2 Å². The molecule has 1 aliphatic heterocycles. The Labute approximate surface area is 198 Å². The van der Waals surface area contributed by atoms with Crippen molar-refractivity contribution in [1.29, 1.82) is 0 Å². The molecule has 2 aromatic carbocycles. The van der Waals surface area contributed by atoms with Gasteiger partial charge in [0.15, 0.2) is 0 Å². The minimum absolute atomic E-state index is 0.0600.